The van der Waals surface area contributed by atoms with Gasteiger partial charge in [-0.05, 0) is 18.6 Å². The fourth-order valence-corrected chi connectivity index (χ4v) is 3.03. The molecule has 1 aliphatic heterocycles. The Morgan fingerprint density at radius 2 is 2.03 bits per heavy atom. The molecule has 0 fully saturated rings. The summed E-state index contributed by atoms with van der Waals surface area (Å²) in [6, 6.07) is 2.73. The molecule has 3 rings (SSSR count). The minimum absolute atomic E-state index is 0.0258. The van der Waals surface area contributed by atoms with Gasteiger partial charge in [0.15, 0.2) is 17.8 Å². The molecular formula is C19H18F2N8O. The number of hydrogen-bond acceptors (Lipinski definition) is 9. The van der Waals surface area contributed by atoms with E-state index in [-0.39, 0.29) is 46.8 Å². The van der Waals surface area contributed by atoms with Gasteiger partial charge >= 0.3 is 0 Å². The maximum atomic E-state index is 15.3. The molecule has 1 atom stereocenters. The summed E-state index contributed by atoms with van der Waals surface area (Å²) in [5.41, 5.74) is 11.2. The molecule has 154 valence electrons. The van der Waals surface area contributed by atoms with Gasteiger partial charge in [-0.3, -0.25) is 5.32 Å². The Labute approximate surface area is 171 Å². The Hall–Kier alpha value is -4.12. The van der Waals surface area contributed by atoms with E-state index in [4.69, 9.17) is 21.5 Å². The number of nitrogens with one attached hydrogen (secondary N) is 2. The number of nitrogens with two attached hydrogens (primary N) is 2. The lowest BCUT2D eigenvalue weighted by Crippen LogP contribution is -2.33. The van der Waals surface area contributed by atoms with Crippen molar-refractivity contribution in [2.45, 2.75) is 25.8 Å². The highest BCUT2D eigenvalue weighted by Gasteiger charge is 2.34. The second-order valence-electron chi connectivity index (χ2n) is 6.38. The number of rotatable bonds is 5. The molecule has 1 aromatic heterocycles. The summed E-state index contributed by atoms with van der Waals surface area (Å²) in [7, 11) is 0. The zero-order valence-electron chi connectivity index (χ0n) is 16.0. The fraction of sp³-hybridized carbons (Fsp3) is 0.263. The van der Waals surface area contributed by atoms with Crippen LogP contribution in [0.3, 0.4) is 0 Å². The zero-order chi connectivity index (χ0) is 21.8. The van der Waals surface area contributed by atoms with E-state index in [9.17, 15) is 9.65 Å². The van der Waals surface area contributed by atoms with Gasteiger partial charge in [-0.1, -0.05) is 13.3 Å². The first-order valence-electron chi connectivity index (χ1n) is 9.02. The van der Waals surface area contributed by atoms with Gasteiger partial charge in [-0.2, -0.15) is 10.5 Å². The van der Waals surface area contributed by atoms with Crippen molar-refractivity contribution in [2.75, 3.05) is 23.4 Å². The van der Waals surface area contributed by atoms with Gasteiger partial charge in [-0.15, -0.1) is 0 Å². The summed E-state index contributed by atoms with van der Waals surface area (Å²) in [5.74, 6) is -2.26. The summed E-state index contributed by atoms with van der Waals surface area (Å²) in [4.78, 5) is 8.23. The first kappa shape index (κ1) is 20.6. The molecular weight excluding hydrogens is 394 g/mol. The summed E-state index contributed by atoms with van der Waals surface area (Å²) >= 11 is 0. The minimum atomic E-state index is -1.34. The number of fused-ring (bicyclic) bond motifs is 1. The van der Waals surface area contributed by atoms with E-state index in [2.05, 4.69) is 20.6 Å². The molecule has 0 radical (unpaired) electrons. The Kier molecular flexibility index (Phi) is 5.83. The third-order valence-electron chi connectivity index (χ3n) is 4.48. The standard InChI is InChI=1S/C19H18F2N8O/c1-2-3-6-30-11-5-4-10(20)12(14(11)21)16-13-15(24)9(7-22)17(25)28-18(13)29-19(27-16)26-8-23/h4-5,16H,2-3,6H2,1H3,(H6,24,25,26,27,28,29). The lowest BCUT2D eigenvalue weighted by Gasteiger charge is -2.27. The number of halogens is 2. The number of nitriles is 2. The maximum Gasteiger partial charge on any atom is 0.211 e. The number of benzene rings is 1. The monoisotopic (exact) mass is 412 g/mol. The highest BCUT2D eigenvalue weighted by atomic mass is 19.1. The van der Waals surface area contributed by atoms with Gasteiger partial charge in [0, 0.05) is 5.56 Å². The minimum Gasteiger partial charge on any atom is -0.491 e. The number of nitrogen functional groups attached to an aromatic ring is 2. The topological polar surface area (TPSA) is 158 Å². The summed E-state index contributed by atoms with van der Waals surface area (Å²) in [5, 5.41) is 23.2. The van der Waals surface area contributed by atoms with Gasteiger partial charge in [0.25, 0.3) is 0 Å². The van der Waals surface area contributed by atoms with Crippen molar-refractivity contribution in [1.82, 2.24) is 10.3 Å². The van der Waals surface area contributed by atoms with E-state index >= 15 is 4.39 Å². The Balaban J connectivity index is 2.22. The molecule has 0 amide bonds. The first-order chi connectivity index (χ1) is 14.4. The van der Waals surface area contributed by atoms with Gasteiger partial charge in [0.05, 0.1) is 17.9 Å². The predicted molar refractivity (Wildman–Crippen MR) is 106 cm³/mol. The van der Waals surface area contributed by atoms with Crippen LogP contribution in [-0.4, -0.2) is 17.6 Å². The molecule has 1 aromatic carbocycles. The molecule has 0 saturated heterocycles. The second-order valence-corrected chi connectivity index (χ2v) is 6.38. The number of anilines is 3. The molecule has 0 spiro atoms. The molecule has 11 heteroatoms. The molecule has 0 saturated carbocycles. The molecule has 2 aromatic rings. The maximum absolute atomic E-state index is 15.3. The van der Waals surface area contributed by atoms with Crippen LogP contribution in [0.15, 0.2) is 17.1 Å². The van der Waals surface area contributed by atoms with Crippen LogP contribution in [0.5, 0.6) is 5.75 Å². The van der Waals surface area contributed by atoms with Crippen molar-refractivity contribution < 1.29 is 13.5 Å². The number of nitrogens with zero attached hydrogens (tertiary/aromatic N) is 4. The van der Waals surface area contributed by atoms with Gasteiger partial charge < -0.3 is 21.5 Å². The van der Waals surface area contributed by atoms with Crippen LogP contribution in [-0.2, 0) is 0 Å². The fourth-order valence-electron chi connectivity index (χ4n) is 3.03. The number of unbranched alkanes of at least 4 members (excludes halogenated alkanes) is 1. The van der Waals surface area contributed by atoms with Crippen molar-refractivity contribution in [1.29, 1.82) is 10.5 Å². The Bertz CT molecular complexity index is 1100. The Morgan fingerprint density at radius 1 is 1.27 bits per heavy atom. The van der Waals surface area contributed by atoms with Crippen molar-refractivity contribution in [2.24, 2.45) is 4.99 Å². The van der Waals surface area contributed by atoms with Crippen LogP contribution in [0.4, 0.5) is 26.1 Å². The number of aromatic nitrogens is 1. The molecule has 0 bridgehead atoms. The highest BCUT2D eigenvalue weighted by molar-refractivity contribution is 5.98. The first-order valence-corrected chi connectivity index (χ1v) is 9.02. The molecule has 0 aliphatic carbocycles. The third-order valence-corrected chi connectivity index (χ3v) is 4.48. The van der Waals surface area contributed by atoms with Crippen LogP contribution in [0, 0.1) is 34.4 Å². The second kappa shape index (κ2) is 8.49. The number of ether oxygens (including phenoxy) is 1. The average molecular weight is 412 g/mol. The number of guanidine groups is 1. The molecule has 1 unspecified atom stereocenters. The molecule has 2 heterocycles. The summed E-state index contributed by atoms with van der Waals surface area (Å²) in [6.45, 7) is 2.21. The predicted octanol–water partition coefficient (Wildman–Crippen LogP) is 2.52. The van der Waals surface area contributed by atoms with Gasteiger partial charge in [0.2, 0.25) is 5.96 Å². The lowest BCUT2D eigenvalue weighted by atomic mass is 9.94. The molecule has 1 aliphatic rings. The van der Waals surface area contributed by atoms with Crippen LogP contribution in [0.25, 0.3) is 0 Å². The molecule has 30 heavy (non-hydrogen) atoms. The van der Waals surface area contributed by atoms with Crippen molar-refractivity contribution in [3.8, 4) is 18.0 Å². The normalized spacial score (nSPS) is 14.6. The van der Waals surface area contributed by atoms with E-state index in [1.807, 2.05) is 13.0 Å². The molecule has 9 nitrogen and oxygen atoms in total. The number of aliphatic imine (C=N–C) groups is 1. The highest BCUT2D eigenvalue weighted by Crippen LogP contribution is 2.43. The van der Waals surface area contributed by atoms with Crippen LogP contribution in [0.1, 0.15) is 42.5 Å². The van der Waals surface area contributed by atoms with E-state index < -0.39 is 23.2 Å². The van der Waals surface area contributed by atoms with Crippen LogP contribution < -0.4 is 26.8 Å². The van der Waals surface area contributed by atoms with E-state index in [1.54, 1.807) is 6.19 Å². The number of pyridine rings is 1. The SMILES string of the molecule is CCCCOc1ccc(F)c(C2N=C(NC#N)Nc3nc(N)c(C#N)c(N)c32)c1F. The Morgan fingerprint density at radius 3 is 2.70 bits per heavy atom. The van der Waals surface area contributed by atoms with Crippen molar-refractivity contribution in [3.63, 3.8) is 0 Å². The van der Waals surface area contributed by atoms with E-state index in [0.717, 1.165) is 12.5 Å². The summed E-state index contributed by atoms with van der Waals surface area (Å²) in [6.07, 6.45) is 3.20. The van der Waals surface area contributed by atoms with Crippen LogP contribution in [0.2, 0.25) is 0 Å². The van der Waals surface area contributed by atoms with Gasteiger partial charge in [0.1, 0.15) is 35.1 Å². The van der Waals surface area contributed by atoms with E-state index in [0.29, 0.717) is 6.42 Å². The van der Waals surface area contributed by atoms with Crippen molar-refractivity contribution in [3.05, 3.63) is 40.5 Å². The van der Waals surface area contributed by atoms with Crippen molar-refractivity contribution >= 4 is 23.3 Å². The third kappa shape index (κ3) is 3.61. The molecule has 6 N–H and O–H groups in total. The zero-order valence-corrected chi connectivity index (χ0v) is 16.0. The van der Waals surface area contributed by atoms with Gasteiger partial charge in [-0.25, -0.2) is 18.8 Å². The largest absolute Gasteiger partial charge is 0.491 e. The number of hydrogen-bond donors (Lipinski definition) is 4. The smallest absolute Gasteiger partial charge is 0.211 e. The quantitative estimate of drug-likeness (QED) is 0.331. The van der Waals surface area contributed by atoms with E-state index in [1.165, 1.54) is 6.07 Å². The van der Waals surface area contributed by atoms with Crippen LogP contribution >= 0.6 is 0 Å². The summed E-state index contributed by atoms with van der Waals surface area (Å²) < 4.78 is 35.5. The average Bonchev–Trinajstić information content (AvgIpc) is 2.70. The lowest BCUT2D eigenvalue weighted by molar-refractivity contribution is 0.291.